The largest absolute Gasteiger partial charge is 0.547 e. The maximum absolute atomic E-state index is 14.0. The molecule has 0 spiro atoms. The Labute approximate surface area is 240 Å². The zero-order valence-electron chi connectivity index (χ0n) is 23.2. The van der Waals surface area contributed by atoms with E-state index in [2.05, 4.69) is 0 Å². The minimum Gasteiger partial charge on any atom is -0.326 e. The minimum absolute atomic E-state index is 0.0461. The molecule has 0 aliphatic rings. The van der Waals surface area contributed by atoms with Crippen LogP contribution in [0.1, 0.15) is 22.3 Å². The summed E-state index contributed by atoms with van der Waals surface area (Å²) >= 11 is 0. The van der Waals surface area contributed by atoms with Gasteiger partial charge in [0.25, 0.3) is 0 Å². The number of benzene rings is 5. The highest BCUT2D eigenvalue weighted by Crippen LogP contribution is 2.52. The van der Waals surface area contributed by atoms with Crippen molar-refractivity contribution in [2.75, 3.05) is 0 Å². The molecular formula is C34H31O6P. The molecule has 0 atom stereocenters. The molecular weight excluding hydrogens is 535 g/mol. The lowest BCUT2D eigenvalue weighted by molar-refractivity contribution is -0.193. The van der Waals surface area contributed by atoms with Gasteiger partial charge >= 0.3 is 7.82 Å². The fourth-order valence-corrected chi connectivity index (χ4v) is 5.02. The van der Waals surface area contributed by atoms with E-state index in [0.717, 1.165) is 44.5 Å². The van der Waals surface area contributed by atoms with Gasteiger partial charge in [0, 0.05) is 11.1 Å². The molecule has 0 unspecified atom stereocenters. The van der Waals surface area contributed by atoms with E-state index in [1.165, 1.54) is 0 Å². The fraction of sp³-hybridized carbons (Fsp3) is 0.118. The number of aryl methyl sites for hydroxylation is 3. The molecule has 5 rings (SSSR count). The molecule has 41 heavy (non-hydrogen) atoms. The first-order valence-electron chi connectivity index (χ1n) is 13.2. The van der Waals surface area contributed by atoms with E-state index < -0.39 is 7.82 Å². The maximum atomic E-state index is 14.0. The van der Waals surface area contributed by atoms with Crippen LogP contribution in [0.25, 0.3) is 22.3 Å². The third-order valence-electron chi connectivity index (χ3n) is 6.52. The normalized spacial score (nSPS) is 11.3. The van der Waals surface area contributed by atoms with Crippen molar-refractivity contribution in [3.8, 4) is 33.8 Å². The highest BCUT2D eigenvalue weighted by atomic mass is 31.2. The van der Waals surface area contributed by atoms with Gasteiger partial charge in [-0.2, -0.15) is 0 Å². The van der Waals surface area contributed by atoms with Crippen molar-refractivity contribution >= 4 is 7.82 Å². The number of phosphoric acid groups is 1. The highest BCUT2D eigenvalue weighted by Gasteiger charge is 2.33. The zero-order valence-corrected chi connectivity index (χ0v) is 24.0. The summed E-state index contributed by atoms with van der Waals surface area (Å²) < 4.78 is 30.6. The lowest BCUT2D eigenvalue weighted by Gasteiger charge is -2.19. The van der Waals surface area contributed by atoms with Gasteiger partial charge in [0.2, 0.25) is 0 Å². The van der Waals surface area contributed by atoms with Crippen LogP contribution >= 0.6 is 7.82 Å². The Morgan fingerprint density at radius 3 is 1.51 bits per heavy atom. The minimum atomic E-state index is -4.43. The van der Waals surface area contributed by atoms with Gasteiger partial charge in [-0.25, -0.2) is 4.57 Å². The Bertz CT molecular complexity index is 1560. The van der Waals surface area contributed by atoms with E-state index in [1.807, 2.05) is 130 Å². The molecule has 0 bridgehead atoms. The maximum Gasteiger partial charge on any atom is 0.547 e. The first-order valence-corrected chi connectivity index (χ1v) is 14.7. The van der Waals surface area contributed by atoms with E-state index in [0.29, 0.717) is 11.5 Å². The average Bonchev–Trinajstić information content (AvgIpc) is 3.00. The van der Waals surface area contributed by atoms with Gasteiger partial charge in [0.1, 0.15) is 0 Å². The molecule has 0 aliphatic heterocycles. The summed E-state index contributed by atoms with van der Waals surface area (Å²) in [7, 11) is -4.43. The smallest absolute Gasteiger partial charge is 0.326 e. The number of rotatable bonds is 11. The van der Waals surface area contributed by atoms with Crippen molar-refractivity contribution in [1.82, 2.24) is 0 Å². The van der Waals surface area contributed by atoms with Gasteiger partial charge in [-0.1, -0.05) is 118 Å². The topological polar surface area (TPSA) is 63.2 Å². The van der Waals surface area contributed by atoms with E-state index >= 15 is 0 Å². The van der Waals surface area contributed by atoms with Crippen molar-refractivity contribution in [3.05, 3.63) is 144 Å². The SMILES string of the molecule is Cc1ccc(OOP(=O)(OCc2ccccc2C)OOc2ccc(C)cc2-c2ccccc2)c(-c2ccccc2)c1. The fourth-order valence-electron chi connectivity index (χ4n) is 4.27. The summed E-state index contributed by atoms with van der Waals surface area (Å²) in [6.07, 6.45) is 0. The third-order valence-corrected chi connectivity index (χ3v) is 7.48. The first kappa shape index (κ1) is 28.3. The predicted molar refractivity (Wildman–Crippen MR) is 160 cm³/mol. The summed E-state index contributed by atoms with van der Waals surface area (Å²) in [5.74, 6) is 0.704. The zero-order chi connectivity index (χ0) is 28.7. The summed E-state index contributed by atoms with van der Waals surface area (Å²) in [4.78, 5) is 11.3. The molecule has 5 aromatic carbocycles. The van der Waals surface area contributed by atoms with Gasteiger partial charge in [-0.05, 0) is 67.3 Å². The number of hydrogen-bond acceptors (Lipinski definition) is 6. The van der Waals surface area contributed by atoms with Gasteiger partial charge in [-0.15, -0.1) is 0 Å². The van der Waals surface area contributed by atoms with Crippen LogP contribution in [0.5, 0.6) is 11.5 Å². The molecule has 0 saturated heterocycles. The molecule has 0 radical (unpaired) electrons. The molecule has 0 aliphatic carbocycles. The Kier molecular flexibility index (Phi) is 8.98. The Morgan fingerprint density at radius 1 is 0.561 bits per heavy atom. The van der Waals surface area contributed by atoms with Gasteiger partial charge in [0.15, 0.2) is 11.5 Å². The van der Waals surface area contributed by atoms with Crippen molar-refractivity contribution < 1.29 is 28.2 Å². The molecule has 0 saturated carbocycles. The van der Waals surface area contributed by atoms with Gasteiger partial charge in [-0.3, -0.25) is 4.52 Å². The van der Waals surface area contributed by atoms with E-state index in [4.69, 9.17) is 23.6 Å². The van der Waals surface area contributed by atoms with Crippen LogP contribution in [-0.4, -0.2) is 0 Å². The standard InChI is InChI=1S/C34H31O6P/c1-25-18-20-33(31(22-25)28-13-6-4-7-14-28)37-39-41(35,36-24-30-17-11-10-12-27(30)3)40-38-34-21-19-26(2)23-32(34)29-15-8-5-9-16-29/h4-23H,24H2,1-3H3. The lowest BCUT2D eigenvalue weighted by atomic mass is 10.0. The molecule has 208 valence electrons. The van der Waals surface area contributed by atoms with Crippen LogP contribution < -0.4 is 9.78 Å². The summed E-state index contributed by atoms with van der Waals surface area (Å²) in [5.41, 5.74) is 7.20. The van der Waals surface area contributed by atoms with Crippen LogP contribution in [0.3, 0.4) is 0 Å². The van der Waals surface area contributed by atoms with Crippen LogP contribution in [0.4, 0.5) is 0 Å². The molecule has 0 aromatic heterocycles. The molecule has 0 amide bonds. The Morgan fingerprint density at radius 2 is 1.02 bits per heavy atom. The van der Waals surface area contributed by atoms with Crippen molar-refractivity contribution in [2.24, 2.45) is 0 Å². The summed E-state index contributed by atoms with van der Waals surface area (Å²) in [6, 6.07) is 38.2. The molecule has 0 N–H and O–H groups in total. The summed E-state index contributed by atoms with van der Waals surface area (Å²) in [6.45, 7) is 5.86. The van der Waals surface area contributed by atoms with Crippen LogP contribution in [0.2, 0.25) is 0 Å². The number of hydrogen-bond donors (Lipinski definition) is 0. The van der Waals surface area contributed by atoms with Crippen molar-refractivity contribution in [2.45, 2.75) is 27.4 Å². The first-order chi connectivity index (χ1) is 19.9. The molecule has 6 nitrogen and oxygen atoms in total. The van der Waals surface area contributed by atoms with E-state index in [9.17, 15) is 4.57 Å². The Hall–Kier alpha value is -4.19. The van der Waals surface area contributed by atoms with Gasteiger partial charge in [0.05, 0.1) is 6.61 Å². The molecule has 0 fully saturated rings. The molecule has 7 heteroatoms. The van der Waals surface area contributed by atoms with Crippen molar-refractivity contribution in [3.63, 3.8) is 0 Å². The molecule has 0 heterocycles. The average molecular weight is 567 g/mol. The second-order valence-corrected chi connectivity index (χ2v) is 11.1. The second kappa shape index (κ2) is 13.0. The summed E-state index contributed by atoms with van der Waals surface area (Å²) in [5, 5.41) is 0. The second-order valence-electron chi connectivity index (χ2n) is 9.69. The monoisotopic (exact) mass is 566 g/mol. The van der Waals surface area contributed by atoms with Crippen molar-refractivity contribution in [1.29, 1.82) is 0 Å². The lowest BCUT2D eigenvalue weighted by Crippen LogP contribution is -2.07. The van der Waals surface area contributed by atoms with Crippen LogP contribution in [0, 0.1) is 20.8 Å². The highest BCUT2D eigenvalue weighted by molar-refractivity contribution is 7.48. The molecule has 5 aromatic rings. The quantitative estimate of drug-likeness (QED) is 0.0901. The Balaban J connectivity index is 1.41. The van der Waals surface area contributed by atoms with Gasteiger partial charge < -0.3 is 9.78 Å². The van der Waals surface area contributed by atoms with Crippen LogP contribution in [0.15, 0.2) is 121 Å². The van der Waals surface area contributed by atoms with E-state index in [-0.39, 0.29) is 6.61 Å². The predicted octanol–water partition coefficient (Wildman–Crippen LogP) is 9.59. The third kappa shape index (κ3) is 7.31. The van der Waals surface area contributed by atoms with E-state index in [1.54, 1.807) is 12.1 Å². The van der Waals surface area contributed by atoms with Crippen LogP contribution in [-0.2, 0) is 25.0 Å².